The number of nitrogens with zero attached hydrogens (tertiary/aromatic N) is 1. The molecular formula is C18H20N2O2. The van der Waals surface area contributed by atoms with Crippen LogP contribution in [0, 0.1) is 0 Å². The number of nitrogens with two attached hydrogens (primary N) is 1. The number of rotatable bonds is 4. The Balaban J connectivity index is 1.80. The van der Waals surface area contributed by atoms with Gasteiger partial charge in [0.1, 0.15) is 11.5 Å². The zero-order valence-electron chi connectivity index (χ0n) is 12.9. The number of anilines is 1. The molecule has 4 nitrogen and oxygen atoms in total. The molecule has 0 fully saturated rings. The molecule has 0 unspecified atom stereocenters. The minimum Gasteiger partial charge on any atom is -0.497 e. The number of fused-ring (bicyclic) bond motifs is 1. The molecule has 0 radical (unpaired) electrons. The maximum absolute atomic E-state index is 5.88. The fourth-order valence-electron chi connectivity index (χ4n) is 2.69. The van der Waals surface area contributed by atoms with Crippen LogP contribution in [-0.4, -0.2) is 19.1 Å². The van der Waals surface area contributed by atoms with Gasteiger partial charge >= 0.3 is 0 Å². The van der Waals surface area contributed by atoms with E-state index in [1.54, 1.807) is 14.2 Å². The van der Waals surface area contributed by atoms with E-state index in [0.717, 1.165) is 35.8 Å². The third-order valence-electron chi connectivity index (χ3n) is 3.87. The van der Waals surface area contributed by atoms with E-state index in [1.165, 1.54) is 11.1 Å². The second-order valence-corrected chi connectivity index (χ2v) is 5.36. The first-order chi connectivity index (χ1) is 10.7. The Morgan fingerprint density at radius 2 is 1.95 bits per heavy atom. The summed E-state index contributed by atoms with van der Waals surface area (Å²) in [5, 5.41) is 0. The van der Waals surface area contributed by atoms with Crippen LogP contribution in [0.3, 0.4) is 0 Å². The summed E-state index contributed by atoms with van der Waals surface area (Å²) in [5.74, 6) is 1.64. The minimum absolute atomic E-state index is 0.776. The van der Waals surface area contributed by atoms with Crippen LogP contribution in [0.15, 0.2) is 42.6 Å². The Labute approximate surface area is 130 Å². The SMILES string of the molecule is COc1ccc(CN2C=Cc3ccc(N)cc3C2)c(OC)c1. The van der Waals surface area contributed by atoms with Crippen molar-refractivity contribution in [3.63, 3.8) is 0 Å². The number of nitrogen functional groups attached to an aromatic ring is 1. The van der Waals surface area contributed by atoms with Crippen LogP contribution in [0.1, 0.15) is 16.7 Å². The van der Waals surface area contributed by atoms with Crippen LogP contribution in [0.4, 0.5) is 5.69 Å². The first kappa shape index (κ1) is 14.3. The van der Waals surface area contributed by atoms with Crippen LogP contribution in [-0.2, 0) is 13.1 Å². The van der Waals surface area contributed by atoms with Crippen molar-refractivity contribution in [3.8, 4) is 11.5 Å². The maximum Gasteiger partial charge on any atom is 0.127 e. The molecule has 0 atom stereocenters. The van der Waals surface area contributed by atoms with Gasteiger partial charge in [-0.3, -0.25) is 0 Å². The molecule has 4 heteroatoms. The van der Waals surface area contributed by atoms with Gasteiger partial charge in [-0.2, -0.15) is 0 Å². The molecule has 1 aliphatic heterocycles. The smallest absolute Gasteiger partial charge is 0.127 e. The van der Waals surface area contributed by atoms with Crippen LogP contribution in [0.5, 0.6) is 11.5 Å². The highest BCUT2D eigenvalue weighted by molar-refractivity contribution is 5.60. The highest BCUT2D eigenvalue weighted by atomic mass is 16.5. The molecule has 3 rings (SSSR count). The Kier molecular flexibility index (Phi) is 3.92. The topological polar surface area (TPSA) is 47.7 Å². The predicted octanol–water partition coefficient (Wildman–Crippen LogP) is 3.27. The molecule has 2 aromatic rings. The average Bonchev–Trinajstić information content (AvgIpc) is 2.54. The number of hydrogen-bond donors (Lipinski definition) is 1. The Hall–Kier alpha value is -2.62. The summed E-state index contributed by atoms with van der Waals surface area (Å²) < 4.78 is 10.7. The highest BCUT2D eigenvalue weighted by Gasteiger charge is 2.13. The largest absolute Gasteiger partial charge is 0.497 e. The van der Waals surface area contributed by atoms with Crippen LogP contribution < -0.4 is 15.2 Å². The number of benzene rings is 2. The normalized spacial score (nSPS) is 12.9. The maximum atomic E-state index is 5.88. The van der Waals surface area contributed by atoms with Crippen molar-refractivity contribution in [2.45, 2.75) is 13.1 Å². The predicted molar refractivity (Wildman–Crippen MR) is 88.7 cm³/mol. The second kappa shape index (κ2) is 6.02. The summed E-state index contributed by atoms with van der Waals surface area (Å²) in [6, 6.07) is 11.9. The van der Waals surface area contributed by atoms with E-state index < -0.39 is 0 Å². The van der Waals surface area contributed by atoms with Gasteiger partial charge < -0.3 is 20.1 Å². The number of hydrogen-bond acceptors (Lipinski definition) is 4. The van der Waals surface area contributed by atoms with Crippen molar-refractivity contribution in [1.82, 2.24) is 4.90 Å². The minimum atomic E-state index is 0.776. The van der Waals surface area contributed by atoms with Crippen molar-refractivity contribution < 1.29 is 9.47 Å². The van der Waals surface area contributed by atoms with Crippen LogP contribution in [0.25, 0.3) is 6.08 Å². The lowest BCUT2D eigenvalue weighted by Crippen LogP contribution is -2.20. The van der Waals surface area contributed by atoms with E-state index in [-0.39, 0.29) is 0 Å². The molecule has 22 heavy (non-hydrogen) atoms. The lowest BCUT2D eigenvalue weighted by Gasteiger charge is -2.26. The Morgan fingerprint density at radius 3 is 2.73 bits per heavy atom. The highest BCUT2D eigenvalue weighted by Crippen LogP contribution is 2.28. The van der Waals surface area contributed by atoms with E-state index in [0.29, 0.717) is 0 Å². The van der Waals surface area contributed by atoms with E-state index in [9.17, 15) is 0 Å². The average molecular weight is 296 g/mol. The summed E-state index contributed by atoms with van der Waals surface area (Å²) in [6.45, 7) is 1.62. The lowest BCUT2D eigenvalue weighted by atomic mass is 10.0. The van der Waals surface area contributed by atoms with E-state index in [1.807, 2.05) is 30.3 Å². The fourth-order valence-corrected chi connectivity index (χ4v) is 2.69. The fraction of sp³-hybridized carbons (Fsp3) is 0.222. The van der Waals surface area contributed by atoms with Gasteiger partial charge in [0.05, 0.1) is 14.2 Å². The number of methoxy groups -OCH3 is 2. The van der Waals surface area contributed by atoms with E-state index >= 15 is 0 Å². The van der Waals surface area contributed by atoms with Crippen LogP contribution >= 0.6 is 0 Å². The van der Waals surface area contributed by atoms with Gasteiger partial charge in [0.2, 0.25) is 0 Å². The zero-order chi connectivity index (χ0) is 15.5. The van der Waals surface area contributed by atoms with E-state index in [4.69, 9.17) is 15.2 Å². The molecule has 0 saturated heterocycles. The molecule has 0 spiro atoms. The summed E-state index contributed by atoms with van der Waals surface area (Å²) in [5.41, 5.74) is 10.3. The molecule has 0 aromatic heterocycles. The molecule has 2 N–H and O–H groups in total. The molecule has 0 bridgehead atoms. The molecule has 1 aliphatic rings. The molecule has 2 aromatic carbocycles. The monoisotopic (exact) mass is 296 g/mol. The summed E-state index contributed by atoms with van der Waals surface area (Å²) in [4.78, 5) is 2.24. The molecule has 0 amide bonds. The van der Waals surface area contributed by atoms with Gasteiger partial charge in [-0.15, -0.1) is 0 Å². The van der Waals surface area contributed by atoms with Crippen molar-refractivity contribution in [2.24, 2.45) is 0 Å². The van der Waals surface area contributed by atoms with Gasteiger partial charge in [-0.25, -0.2) is 0 Å². The Morgan fingerprint density at radius 1 is 1.09 bits per heavy atom. The first-order valence-corrected chi connectivity index (χ1v) is 7.21. The van der Waals surface area contributed by atoms with Gasteiger partial charge in [-0.1, -0.05) is 6.07 Å². The zero-order valence-corrected chi connectivity index (χ0v) is 12.9. The van der Waals surface area contributed by atoms with Crippen molar-refractivity contribution in [3.05, 3.63) is 59.3 Å². The van der Waals surface area contributed by atoms with E-state index in [2.05, 4.69) is 23.2 Å². The summed E-state index contributed by atoms with van der Waals surface area (Å²) in [6.07, 6.45) is 4.23. The summed E-state index contributed by atoms with van der Waals surface area (Å²) >= 11 is 0. The van der Waals surface area contributed by atoms with Gasteiger partial charge in [0.15, 0.2) is 0 Å². The molecular weight excluding hydrogens is 276 g/mol. The lowest BCUT2D eigenvalue weighted by molar-refractivity contribution is 0.342. The second-order valence-electron chi connectivity index (χ2n) is 5.36. The third-order valence-corrected chi connectivity index (χ3v) is 3.87. The molecule has 114 valence electrons. The molecule has 1 heterocycles. The van der Waals surface area contributed by atoms with Gasteiger partial charge in [0, 0.05) is 36.6 Å². The first-order valence-electron chi connectivity index (χ1n) is 7.21. The van der Waals surface area contributed by atoms with Crippen molar-refractivity contribution in [1.29, 1.82) is 0 Å². The van der Waals surface area contributed by atoms with Crippen LogP contribution in [0.2, 0.25) is 0 Å². The molecule has 0 aliphatic carbocycles. The van der Waals surface area contributed by atoms with Crippen molar-refractivity contribution in [2.75, 3.05) is 20.0 Å². The summed E-state index contributed by atoms with van der Waals surface area (Å²) in [7, 11) is 3.34. The third kappa shape index (κ3) is 2.86. The van der Waals surface area contributed by atoms with Gasteiger partial charge in [0.25, 0.3) is 0 Å². The number of ether oxygens (including phenoxy) is 2. The molecule has 0 saturated carbocycles. The van der Waals surface area contributed by atoms with Gasteiger partial charge in [-0.05, 0) is 41.5 Å². The quantitative estimate of drug-likeness (QED) is 0.880. The van der Waals surface area contributed by atoms with Crippen molar-refractivity contribution >= 4 is 11.8 Å². The standard InChI is InChI=1S/C18H20N2O2/c1-21-17-6-4-14(18(10-17)22-2)11-20-8-7-13-3-5-16(19)9-15(13)12-20/h3-10H,11-12,19H2,1-2H3. The Bertz CT molecular complexity index is 710.